The van der Waals surface area contributed by atoms with E-state index in [1.165, 1.54) is 0 Å². The number of benzene rings is 1. The monoisotopic (exact) mass is 301 g/mol. The Balaban J connectivity index is 1.64. The van der Waals surface area contributed by atoms with Crippen molar-refractivity contribution in [3.63, 3.8) is 0 Å². The molecule has 0 fully saturated rings. The van der Waals surface area contributed by atoms with E-state index in [1.54, 1.807) is 7.11 Å². The van der Waals surface area contributed by atoms with Gasteiger partial charge in [0.05, 0.1) is 19.8 Å². The number of aryl methyl sites for hydroxylation is 1. The molecule has 0 aliphatic carbocycles. The molecule has 0 saturated carbocycles. The zero-order valence-corrected chi connectivity index (χ0v) is 12.9. The van der Waals surface area contributed by atoms with Crippen molar-refractivity contribution in [2.24, 2.45) is 0 Å². The first-order chi connectivity index (χ1) is 10.8. The first-order valence-corrected chi connectivity index (χ1v) is 7.81. The highest BCUT2D eigenvalue weighted by Gasteiger charge is 2.22. The number of aliphatic hydroxyl groups excluding tert-OH is 1. The zero-order chi connectivity index (χ0) is 15.4. The summed E-state index contributed by atoms with van der Waals surface area (Å²) in [6, 6.07) is 8.18. The summed E-state index contributed by atoms with van der Waals surface area (Å²) in [7, 11) is 1.66. The molecule has 2 heterocycles. The minimum absolute atomic E-state index is 0.0799. The van der Waals surface area contributed by atoms with Crippen molar-refractivity contribution in [3.8, 4) is 5.75 Å². The average Bonchev–Trinajstić information content (AvgIpc) is 3.05. The summed E-state index contributed by atoms with van der Waals surface area (Å²) in [5.41, 5.74) is 1.12. The molecule has 22 heavy (non-hydrogen) atoms. The van der Waals surface area contributed by atoms with Crippen LogP contribution in [0.5, 0.6) is 5.75 Å². The lowest BCUT2D eigenvalue weighted by atomic mass is 9.98. The van der Waals surface area contributed by atoms with E-state index in [2.05, 4.69) is 14.9 Å². The third-order valence-corrected chi connectivity index (χ3v) is 4.37. The first-order valence-electron chi connectivity index (χ1n) is 7.81. The van der Waals surface area contributed by atoms with E-state index in [1.807, 2.05) is 36.7 Å². The van der Waals surface area contributed by atoms with Gasteiger partial charge in [-0.25, -0.2) is 4.98 Å². The summed E-state index contributed by atoms with van der Waals surface area (Å²) in [5.74, 6) is 2.02. The fourth-order valence-corrected chi connectivity index (χ4v) is 3.06. The van der Waals surface area contributed by atoms with Crippen molar-refractivity contribution in [2.75, 3.05) is 20.3 Å². The highest BCUT2D eigenvalue weighted by Crippen LogP contribution is 2.25. The van der Waals surface area contributed by atoms with Gasteiger partial charge < -0.3 is 19.7 Å². The van der Waals surface area contributed by atoms with Crippen molar-refractivity contribution in [1.29, 1.82) is 0 Å². The van der Waals surface area contributed by atoms with Crippen LogP contribution in [0.3, 0.4) is 0 Å². The molecule has 0 radical (unpaired) electrons. The van der Waals surface area contributed by atoms with E-state index in [4.69, 9.17) is 4.74 Å². The summed E-state index contributed by atoms with van der Waals surface area (Å²) in [4.78, 5) is 4.46. The predicted molar refractivity (Wildman–Crippen MR) is 85.0 cm³/mol. The maximum Gasteiger partial charge on any atom is 0.125 e. The lowest BCUT2D eigenvalue weighted by Gasteiger charge is -2.26. The van der Waals surface area contributed by atoms with E-state index in [0.29, 0.717) is 0 Å². The number of nitrogens with one attached hydrogen (secondary N) is 1. The van der Waals surface area contributed by atoms with Gasteiger partial charge in [-0.1, -0.05) is 12.1 Å². The SMILES string of the molecule is COc1ccc(C(CO)CNC2CCCn3ccnc32)cc1. The standard InChI is InChI=1S/C17H23N3O2/c1-22-15-6-4-13(5-7-15)14(12-21)11-19-16-3-2-9-20-10-8-18-17(16)20/h4-8,10,14,16,19,21H,2-3,9,11-12H2,1H3. The van der Waals surface area contributed by atoms with Gasteiger partial charge in [-0.2, -0.15) is 0 Å². The van der Waals surface area contributed by atoms with Crippen LogP contribution >= 0.6 is 0 Å². The highest BCUT2D eigenvalue weighted by molar-refractivity contribution is 5.29. The molecule has 0 saturated heterocycles. The van der Waals surface area contributed by atoms with Gasteiger partial charge in [0.15, 0.2) is 0 Å². The molecule has 2 aromatic rings. The van der Waals surface area contributed by atoms with Crippen LogP contribution in [0.15, 0.2) is 36.7 Å². The fraction of sp³-hybridized carbons (Fsp3) is 0.471. The highest BCUT2D eigenvalue weighted by atomic mass is 16.5. The van der Waals surface area contributed by atoms with Crippen molar-refractivity contribution in [2.45, 2.75) is 31.3 Å². The number of hydrogen-bond acceptors (Lipinski definition) is 4. The molecule has 118 valence electrons. The lowest BCUT2D eigenvalue weighted by molar-refractivity contribution is 0.253. The molecule has 1 aromatic heterocycles. The number of rotatable bonds is 6. The van der Waals surface area contributed by atoms with Crippen LogP contribution in [0.1, 0.15) is 36.2 Å². The molecule has 3 rings (SSSR count). The smallest absolute Gasteiger partial charge is 0.125 e. The largest absolute Gasteiger partial charge is 0.497 e. The van der Waals surface area contributed by atoms with Gasteiger partial charge in [-0.3, -0.25) is 0 Å². The van der Waals surface area contributed by atoms with Crippen LogP contribution in [-0.4, -0.2) is 34.9 Å². The number of ether oxygens (including phenoxy) is 1. The van der Waals surface area contributed by atoms with E-state index in [-0.39, 0.29) is 18.6 Å². The van der Waals surface area contributed by atoms with Crippen molar-refractivity contribution in [1.82, 2.24) is 14.9 Å². The maximum atomic E-state index is 9.70. The molecule has 1 aliphatic heterocycles. The Bertz CT molecular complexity index is 594. The number of hydrogen-bond donors (Lipinski definition) is 2. The number of methoxy groups -OCH3 is 1. The molecular formula is C17H23N3O2. The second kappa shape index (κ2) is 6.94. The minimum Gasteiger partial charge on any atom is -0.497 e. The molecule has 5 nitrogen and oxygen atoms in total. The van der Waals surface area contributed by atoms with Crippen molar-refractivity contribution >= 4 is 0 Å². The summed E-state index contributed by atoms with van der Waals surface area (Å²) >= 11 is 0. The zero-order valence-electron chi connectivity index (χ0n) is 12.9. The van der Waals surface area contributed by atoms with Crippen LogP contribution in [0.25, 0.3) is 0 Å². The number of imidazole rings is 1. The summed E-state index contributed by atoms with van der Waals surface area (Å²) < 4.78 is 7.39. The van der Waals surface area contributed by atoms with Gasteiger partial charge in [0.2, 0.25) is 0 Å². The molecule has 1 aliphatic rings. The maximum absolute atomic E-state index is 9.70. The number of fused-ring (bicyclic) bond motifs is 1. The first kappa shape index (κ1) is 15.1. The van der Waals surface area contributed by atoms with Gasteiger partial charge in [-0.05, 0) is 30.5 Å². The summed E-state index contributed by atoms with van der Waals surface area (Å²) in [5, 5.41) is 13.3. The Labute approximate surface area is 130 Å². The lowest BCUT2D eigenvalue weighted by Crippen LogP contribution is -2.32. The van der Waals surface area contributed by atoms with E-state index < -0.39 is 0 Å². The van der Waals surface area contributed by atoms with E-state index in [9.17, 15) is 5.11 Å². The minimum atomic E-state index is 0.0799. The van der Waals surface area contributed by atoms with Crippen LogP contribution in [0, 0.1) is 0 Å². The summed E-state index contributed by atoms with van der Waals surface area (Å²) in [6.45, 7) is 1.91. The fourth-order valence-electron chi connectivity index (χ4n) is 3.06. The summed E-state index contributed by atoms with van der Waals surface area (Å²) in [6.07, 6.45) is 6.16. The average molecular weight is 301 g/mol. The van der Waals surface area contributed by atoms with E-state index in [0.717, 1.165) is 43.1 Å². The second-order valence-electron chi connectivity index (χ2n) is 5.73. The molecule has 1 aromatic carbocycles. The molecule has 2 atom stereocenters. The molecule has 0 spiro atoms. The van der Waals surface area contributed by atoms with Crippen molar-refractivity contribution < 1.29 is 9.84 Å². The molecule has 2 unspecified atom stereocenters. The Morgan fingerprint density at radius 3 is 2.95 bits per heavy atom. The van der Waals surface area contributed by atoms with Gasteiger partial charge in [0.25, 0.3) is 0 Å². The topological polar surface area (TPSA) is 59.3 Å². The normalized spacial score (nSPS) is 18.7. The van der Waals surface area contributed by atoms with Crippen LogP contribution in [0.4, 0.5) is 0 Å². The van der Waals surface area contributed by atoms with Gasteiger partial charge in [0, 0.05) is 31.4 Å². The third kappa shape index (κ3) is 3.15. The van der Waals surface area contributed by atoms with Gasteiger partial charge in [-0.15, -0.1) is 0 Å². The third-order valence-electron chi connectivity index (χ3n) is 4.37. The van der Waals surface area contributed by atoms with Gasteiger partial charge >= 0.3 is 0 Å². The number of aromatic nitrogens is 2. The van der Waals surface area contributed by atoms with Crippen LogP contribution in [0.2, 0.25) is 0 Å². The second-order valence-corrected chi connectivity index (χ2v) is 5.73. The Hall–Kier alpha value is -1.85. The Morgan fingerprint density at radius 2 is 2.23 bits per heavy atom. The van der Waals surface area contributed by atoms with Crippen molar-refractivity contribution in [3.05, 3.63) is 48.0 Å². The Morgan fingerprint density at radius 1 is 1.41 bits per heavy atom. The molecular weight excluding hydrogens is 278 g/mol. The number of nitrogens with zero attached hydrogens (tertiary/aromatic N) is 2. The Kier molecular flexibility index (Phi) is 4.75. The molecule has 0 bridgehead atoms. The molecule has 5 heteroatoms. The quantitative estimate of drug-likeness (QED) is 0.858. The molecule has 0 amide bonds. The predicted octanol–water partition coefficient (Wildman–Crippen LogP) is 2.09. The molecule has 2 N–H and O–H groups in total. The van der Waals surface area contributed by atoms with Crippen LogP contribution < -0.4 is 10.1 Å². The van der Waals surface area contributed by atoms with Gasteiger partial charge in [0.1, 0.15) is 11.6 Å². The van der Waals surface area contributed by atoms with Crippen LogP contribution in [-0.2, 0) is 6.54 Å². The number of aliphatic hydroxyl groups is 1. The van der Waals surface area contributed by atoms with E-state index >= 15 is 0 Å².